The number of hydrogen-bond donors (Lipinski definition) is 2. The molecule has 0 aliphatic carbocycles. The zero-order chi connectivity index (χ0) is 22.1. The molecule has 1 saturated heterocycles. The lowest BCUT2D eigenvalue weighted by molar-refractivity contribution is -0.132. The van der Waals surface area contributed by atoms with Gasteiger partial charge in [0.05, 0.1) is 7.11 Å². The number of ether oxygens (including phenoxy) is 1. The summed E-state index contributed by atoms with van der Waals surface area (Å²) in [6.07, 6.45) is 4.03. The van der Waals surface area contributed by atoms with Gasteiger partial charge in [-0.05, 0) is 66.9 Å². The smallest absolute Gasteiger partial charge is 0.242 e. The molecule has 0 unspecified atom stereocenters. The number of carbonyl (C=O) groups is 1. The lowest BCUT2D eigenvalue weighted by Gasteiger charge is -2.32. The Kier molecular flexibility index (Phi) is 5.53. The molecule has 164 valence electrons. The molecule has 0 spiro atoms. The molecule has 32 heavy (non-hydrogen) atoms. The first kappa shape index (κ1) is 20.5. The zero-order valence-electron chi connectivity index (χ0n) is 17.9. The summed E-state index contributed by atoms with van der Waals surface area (Å²) < 4.78 is 7.44. The van der Waals surface area contributed by atoms with Gasteiger partial charge in [0.2, 0.25) is 5.91 Å². The van der Waals surface area contributed by atoms with Crippen LogP contribution in [0.25, 0.3) is 22.3 Å². The Morgan fingerprint density at radius 2 is 1.91 bits per heavy atom. The second-order valence-corrected chi connectivity index (χ2v) is 8.50. The molecular weight excluding hydrogens is 422 g/mol. The highest BCUT2D eigenvalue weighted by Gasteiger charge is 2.26. The highest BCUT2D eigenvalue weighted by Crippen LogP contribution is 2.33. The van der Waals surface area contributed by atoms with Gasteiger partial charge in [-0.25, -0.2) is 0 Å². The first-order chi connectivity index (χ1) is 15.6. The minimum Gasteiger partial charge on any atom is -0.497 e. The van der Waals surface area contributed by atoms with Gasteiger partial charge in [0.15, 0.2) is 10.6 Å². The van der Waals surface area contributed by atoms with E-state index in [9.17, 15) is 4.79 Å². The van der Waals surface area contributed by atoms with E-state index in [1.54, 1.807) is 11.7 Å². The molecule has 0 atom stereocenters. The summed E-state index contributed by atoms with van der Waals surface area (Å²) in [6.45, 7) is 1.66. The SMILES string of the molecule is COc1ccc(-c2n[nH]c(=S)n2CC(=O)N2CCC(c3c[nH]c4ccccc34)CC2)cc1. The lowest BCUT2D eigenvalue weighted by atomic mass is 9.89. The summed E-state index contributed by atoms with van der Waals surface area (Å²) >= 11 is 5.40. The molecule has 2 N–H and O–H groups in total. The zero-order valence-corrected chi connectivity index (χ0v) is 18.7. The third-order valence-electron chi connectivity index (χ3n) is 6.31. The molecule has 1 aliphatic rings. The number of nitrogens with one attached hydrogen (secondary N) is 2. The van der Waals surface area contributed by atoms with Crippen molar-refractivity contribution in [2.24, 2.45) is 0 Å². The minimum absolute atomic E-state index is 0.0645. The maximum absolute atomic E-state index is 13.1. The van der Waals surface area contributed by atoms with Crippen molar-refractivity contribution in [2.75, 3.05) is 20.2 Å². The molecule has 7 nitrogen and oxygen atoms in total. The molecule has 8 heteroatoms. The van der Waals surface area contributed by atoms with E-state index in [2.05, 4.69) is 39.6 Å². The Hall–Kier alpha value is -3.39. The van der Waals surface area contributed by atoms with E-state index in [1.807, 2.05) is 35.2 Å². The van der Waals surface area contributed by atoms with Crippen LogP contribution in [-0.4, -0.2) is 50.8 Å². The average molecular weight is 448 g/mol. The van der Waals surface area contributed by atoms with Crippen LogP contribution in [0.4, 0.5) is 0 Å². The Balaban J connectivity index is 1.27. The summed E-state index contributed by atoms with van der Waals surface area (Å²) in [5, 5.41) is 8.45. The molecule has 0 bridgehead atoms. The summed E-state index contributed by atoms with van der Waals surface area (Å²) in [4.78, 5) is 18.4. The number of nitrogens with zero attached hydrogens (tertiary/aromatic N) is 3. The van der Waals surface area contributed by atoms with Gasteiger partial charge in [-0.3, -0.25) is 14.5 Å². The average Bonchev–Trinajstić information content (AvgIpc) is 3.43. The van der Waals surface area contributed by atoms with Crippen LogP contribution in [0.15, 0.2) is 54.7 Å². The lowest BCUT2D eigenvalue weighted by Crippen LogP contribution is -2.39. The molecular formula is C24H25N5O2S. The first-order valence-corrected chi connectivity index (χ1v) is 11.2. The molecule has 1 amide bonds. The maximum Gasteiger partial charge on any atom is 0.242 e. The number of benzene rings is 2. The molecule has 4 aromatic rings. The predicted octanol–water partition coefficient (Wildman–Crippen LogP) is 4.50. The van der Waals surface area contributed by atoms with Crippen LogP contribution >= 0.6 is 12.2 Å². The number of hydrogen-bond acceptors (Lipinski definition) is 4. The molecule has 1 fully saturated rings. The van der Waals surface area contributed by atoms with E-state index in [0.29, 0.717) is 16.5 Å². The number of aromatic nitrogens is 4. The molecule has 2 aromatic carbocycles. The van der Waals surface area contributed by atoms with Crippen LogP contribution < -0.4 is 4.74 Å². The largest absolute Gasteiger partial charge is 0.497 e. The highest BCUT2D eigenvalue weighted by atomic mass is 32.1. The van der Waals surface area contributed by atoms with Crippen LogP contribution in [0.3, 0.4) is 0 Å². The van der Waals surface area contributed by atoms with Crippen molar-refractivity contribution in [3.8, 4) is 17.1 Å². The first-order valence-electron chi connectivity index (χ1n) is 10.8. The van der Waals surface area contributed by atoms with Crippen molar-refractivity contribution < 1.29 is 9.53 Å². The van der Waals surface area contributed by atoms with Gasteiger partial charge in [-0.15, -0.1) is 0 Å². The van der Waals surface area contributed by atoms with Gasteiger partial charge in [0, 0.05) is 35.8 Å². The van der Waals surface area contributed by atoms with Gasteiger partial charge >= 0.3 is 0 Å². The molecule has 2 aromatic heterocycles. The fraction of sp³-hybridized carbons (Fsp3) is 0.292. The Labute approximate surface area is 191 Å². The molecule has 1 aliphatic heterocycles. The van der Waals surface area contributed by atoms with Crippen molar-refractivity contribution in [2.45, 2.75) is 25.3 Å². The van der Waals surface area contributed by atoms with Crippen LogP contribution in [0.1, 0.15) is 24.3 Å². The third-order valence-corrected chi connectivity index (χ3v) is 6.62. The summed E-state index contributed by atoms with van der Waals surface area (Å²) in [5.74, 6) is 1.94. The number of H-pyrrole nitrogens is 2. The Morgan fingerprint density at radius 1 is 1.16 bits per heavy atom. The fourth-order valence-corrected chi connectivity index (χ4v) is 4.73. The number of para-hydroxylation sites is 1. The van der Waals surface area contributed by atoms with Gasteiger partial charge in [-0.2, -0.15) is 5.10 Å². The van der Waals surface area contributed by atoms with Gasteiger partial charge in [-0.1, -0.05) is 18.2 Å². The second-order valence-electron chi connectivity index (χ2n) is 8.11. The monoisotopic (exact) mass is 447 g/mol. The van der Waals surface area contributed by atoms with E-state index >= 15 is 0 Å². The van der Waals surface area contributed by atoms with Crippen molar-refractivity contribution in [1.29, 1.82) is 0 Å². The Bertz CT molecular complexity index is 1300. The molecule has 0 saturated carbocycles. The molecule has 5 rings (SSSR count). The van der Waals surface area contributed by atoms with Crippen LogP contribution in [0, 0.1) is 4.77 Å². The topological polar surface area (TPSA) is 78.9 Å². The van der Waals surface area contributed by atoms with E-state index in [4.69, 9.17) is 17.0 Å². The summed E-state index contributed by atoms with van der Waals surface area (Å²) in [7, 11) is 1.63. The number of piperidine rings is 1. The number of amides is 1. The van der Waals surface area contributed by atoms with Crippen molar-refractivity contribution in [1.82, 2.24) is 24.6 Å². The number of methoxy groups -OCH3 is 1. The van der Waals surface area contributed by atoms with E-state index in [-0.39, 0.29) is 12.5 Å². The van der Waals surface area contributed by atoms with Crippen molar-refractivity contribution in [3.63, 3.8) is 0 Å². The van der Waals surface area contributed by atoms with Crippen LogP contribution in [0.2, 0.25) is 0 Å². The van der Waals surface area contributed by atoms with E-state index < -0.39 is 0 Å². The quantitative estimate of drug-likeness (QED) is 0.442. The molecule has 3 heterocycles. The van der Waals surface area contributed by atoms with Crippen LogP contribution in [-0.2, 0) is 11.3 Å². The fourth-order valence-electron chi connectivity index (χ4n) is 4.53. The standard InChI is InChI=1S/C24H25N5O2S/c1-31-18-8-6-17(7-9-18)23-26-27-24(32)29(23)15-22(30)28-12-10-16(11-13-28)20-14-25-21-5-3-2-4-19(20)21/h2-9,14,16,25H,10-13,15H2,1H3,(H,27,32). The minimum atomic E-state index is 0.0645. The van der Waals surface area contributed by atoms with Crippen molar-refractivity contribution in [3.05, 3.63) is 65.1 Å². The van der Waals surface area contributed by atoms with Gasteiger partial charge in [0.1, 0.15) is 12.3 Å². The van der Waals surface area contributed by atoms with E-state index in [1.165, 1.54) is 16.5 Å². The van der Waals surface area contributed by atoms with Gasteiger partial charge in [0.25, 0.3) is 0 Å². The number of rotatable bonds is 5. The summed E-state index contributed by atoms with van der Waals surface area (Å²) in [6, 6.07) is 16.0. The van der Waals surface area contributed by atoms with Crippen LogP contribution in [0.5, 0.6) is 5.75 Å². The highest BCUT2D eigenvalue weighted by molar-refractivity contribution is 7.71. The second kappa shape index (κ2) is 8.63. The predicted molar refractivity (Wildman–Crippen MR) is 126 cm³/mol. The van der Waals surface area contributed by atoms with Crippen molar-refractivity contribution >= 4 is 29.0 Å². The summed E-state index contributed by atoms with van der Waals surface area (Å²) in [5.41, 5.74) is 3.40. The number of carbonyl (C=O) groups excluding carboxylic acids is 1. The number of aromatic amines is 2. The Morgan fingerprint density at radius 3 is 2.66 bits per heavy atom. The number of likely N-dealkylation sites (tertiary alicyclic amines) is 1. The third kappa shape index (κ3) is 3.82. The number of fused-ring (bicyclic) bond motifs is 1. The molecule has 0 radical (unpaired) electrons. The van der Waals surface area contributed by atoms with Gasteiger partial charge < -0.3 is 14.6 Å². The maximum atomic E-state index is 13.1. The normalized spacial score (nSPS) is 14.7. The van der Waals surface area contributed by atoms with E-state index in [0.717, 1.165) is 37.2 Å².